The lowest BCUT2D eigenvalue weighted by atomic mass is 10.1. The Labute approximate surface area is 146 Å². The molecule has 0 saturated carbocycles. The molecule has 1 aromatic carbocycles. The number of H-pyrrole nitrogens is 1. The number of carbonyl (C=O) groups excluding carboxylic acids is 1. The molecule has 0 spiro atoms. The SMILES string of the molecule is CCc1[nH]c2c(CNC(=O)CCc3ccncc3)cc(F)cc2c1C. The number of nitrogens with zero attached hydrogens (tertiary/aromatic N) is 1. The summed E-state index contributed by atoms with van der Waals surface area (Å²) in [6.45, 7) is 4.37. The lowest BCUT2D eigenvalue weighted by Crippen LogP contribution is -2.23. The maximum absolute atomic E-state index is 14.0. The van der Waals surface area contributed by atoms with Crippen molar-refractivity contribution in [3.05, 3.63) is 64.9 Å². The Kier molecular flexibility index (Phi) is 5.12. The van der Waals surface area contributed by atoms with Gasteiger partial charge in [-0.15, -0.1) is 0 Å². The second kappa shape index (κ2) is 7.47. The number of hydrogen-bond acceptors (Lipinski definition) is 2. The molecule has 1 amide bonds. The number of amides is 1. The van der Waals surface area contributed by atoms with Crippen LogP contribution in [-0.4, -0.2) is 15.9 Å². The summed E-state index contributed by atoms with van der Waals surface area (Å²) in [6, 6.07) is 6.84. The predicted molar refractivity (Wildman–Crippen MR) is 96.8 cm³/mol. The van der Waals surface area contributed by atoms with E-state index in [2.05, 4.69) is 22.2 Å². The van der Waals surface area contributed by atoms with Crippen LogP contribution in [0.15, 0.2) is 36.7 Å². The zero-order valence-electron chi connectivity index (χ0n) is 14.5. The molecule has 5 heteroatoms. The fourth-order valence-electron chi connectivity index (χ4n) is 3.10. The second-order valence-electron chi connectivity index (χ2n) is 6.20. The number of halogens is 1. The quantitative estimate of drug-likeness (QED) is 0.717. The first-order chi connectivity index (χ1) is 12.1. The van der Waals surface area contributed by atoms with Gasteiger partial charge in [0.1, 0.15) is 5.82 Å². The van der Waals surface area contributed by atoms with Crippen molar-refractivity contribution < 1.29 is 9.18 Å². The number of nitrogens with one attached hydrogen (secondary N) is 2. The topological polar surface area (TPSA) is 57.8 Å². The molecule has 2 aromatic heterocycles. The lowest BCUT2D eigenvalue weighted by molar-refractivity contribution is -0.121. The Morgan fingerprint density at radius 2 is 2.04 bits per heavy atom. The van der Waals surface area contributed by atoms with Gasteiger partial charge in [0.05, 0.1) is 5.52 Å². The molecule has 0 unspecified atom stereocenters. The normalized spacial score (nSPS) is 11.0. The Morgan fingerprint density at radius 3 is 2.76 bits per heavy atom. The summed E-state index contributed by atoms with van der Waals surface area (Å²) in [5.74, 6) is -0.327. The fraction of sp³-hybridized carbons (Fsp3) is 0.300. The van der Waals surface area contributed by atoms with Gasteiger partial charge in [-0.25, -0.2) is 4.39 Å². The van der Waals surface area contributed by atoms with E-state index in [1.165, 1.54) is 6.07 Å². The largest absolute Gasteiger partial charge is 0.358 e. The van der Waals surface area contributed by atoms with E-state index in [4.69, 9.17) is 0 Å². The highest BCUT2D eigenvalue weighted by Crippen LogP contribution is 2.26. The van der Waals surface area contributed by atoms with Crippen molar-refractivity contribution >= 4 is 16.8 Å². The Hall–Kier alpha value is -2.69. The van der Waals surface area contributed by atoms with Crippen molar-refractivity contribution in [1.82, 2.24) is 15.3 Å². The number of carbonyl (C=O) groups is 1. The van der Waals surface area contributed by atoms with Crippen molar-refractivity contribution in [2.45, 2.75) is 39.7 Å². The molecular formula is C20H22FN3O. The van der Waals surface area contributed by atoms with Crippen LogP contribution in [0.25, 0.3) is 10.9 Å². The molecule has 25 heavy (non-hydrogen) atoms. The van der Waals surface area contributed by atoms with Gasteiger partial charge in [0, 0.05) is 36.4 Å². The molecule has 0 bridgehead atoms. The van der Waals surface area contributed by atoms with Gasteiger partial charge in [0.25, 0.3) is 0 Å². The van der Waals surface area contributed by atoms with Crippen LogP contribution in [0.4, 0.5) is 4.39 Å². The van der Waals surface area contributed by atoms with Gasteiger partial charge < -0.3 is 10.3 Å². The predicted octanol–water partition coefficient (Wildman–Crippen LogP) is 3.82. The number of aromatic nitrogens is 2. The second-order valence-corrected chi connectivity index (χ2v) is 6.20. The number of aryl methyl sites for hydroxylation is 3. The molecule has 0 fully saturated rings. The van der Waals surface area contributed by atoms with Crippen molar-refractivity contribution in [1.29, 1.82) is 0 Å². The summed E-state index contributed by atoms with van der Waals surface area (Å²) < 4.78 is 14.0. The number of benzene rings is 1. The van der Waals surface area contributed by atoms with Crippen LogP contribution >= 0.6 is 0 Å². The van der Waals surface area contributed by atoms with E-state index >= 15 is 0 Å². The van der Waals surface area contributed by atoms with E-state index in [0.29, 0.717) is 19.4 Å². The molecule has 130 valence electrons. The van der Waals surface area contributed by atoms with Crippen molar-refractivity contribution in [3.8, 4) is 0 Å². The molecule has 0 aliphatic rings. The molecule has 2 N–H and O–H groups in total. The maximum atomic E-state index is 14.0. The summed E-state index contributed by atoms with van der Waals surface area (Å²) in [5.41, 5.74) is 4.93. The van der Waals surface area contributed by atoms with Crippen LogP contribution in [0, 0.1) is 12.7 Å². The average molecular weight is 339 g/mol. The van der Waals surface area contributed by atoms with Crippen LogP contribution in [0.3, 0.4) is 0 Å². The molecule has 0 saturated heterocycles. The van der Waals surface area contributed by atoms with Gasteiger partial charge in [0.15, 0.2) is 0 Å². The summed E-state index contributed by atoms with van der Waals surface area (Å²) in [4.78, 5) is 19.4. The minimum absolute atomic E-state index is 0.0479. The fourth-order valence-corrected chi connectivity index (χ4v) is 3.10. The zero-order valence-corrected chi connectivity index (χ0v) is 14.5. The van der Waals surface area contributed by atoms with E-state index in [1.807, 2.05) is 19.1 Å². The van der Waals surface area contributed by atoms with Gasteiger partial charge in [-0.3, -0.25) is 9.78 Å². The van der Waals surface area contributed by atoms with Gasteiger partial charge in [-0.1, -0.05) is 6.92 Å². The van der Waals surface area contributed by atoms with E-state index in [1.54, 1.807) is 18.5 Å². The summed E-state index contributed by atoms with van der Waals surface area (Å²) in [6.07, 6.45) is 5.35. The van der Waals surface area contributed by atoms with Crippen molar-refractivity contribution in [2.24, 2.45) is 0 Å². The lowest BCUT2D eigenvalue weighted by Gasteiger charge is -2.07. The third-order valence-electron chi connectivity index (χ3n) is 4.54. The Bertz CT molecular complexity index is 887. The van der Waals surface area contributed by atoms with Gasteiger partial charge >= 0.3 is 0 Å². The minimum Gasteiger partial charge on any atom is -0.358 e. The third kappa shape index (κ3) is 3.87. The molecule has 0 atom stereocenters. The first-order valence-corrected chi connectivity index (χ1v) is 8.53. The summed E-state index contributed by atoms with van der Waals surface area (Å²) >= 11 is 0. The molecule has 0 aliphatic carbocycles. The first-order valence-electron chi connectivity index (χ1n) is 8.53. The van der Waals surface area contributed by atoms with E-state index in [-0.39, 0.29) is 11.7 Å². The summed E-state index contributed by atoms with van der Waals surface area (Å²) in [7, 11) is 0. The number of pyridine rings is 1. The third-order valence-corrected chi connectivity index (χ3v) is 4.54. The number of rotatable bonds is 6. The van der Waals surface area contributed by atoms with Gasteiger partial charge in [-0.05, 0) is 60.7 Å². The van der Waals surface area contributed by atoms with Crippen LogP contribution < -0.4 is 5.32 Å². The van der Waals surface area contributed by atoms with Crippen molar-refractivity contribution in [2.75, 3.05) is 0 Å². The Morgan fingerprint density at radius 1 is 1.28 bits per heavy atom. The van der Waals surface area contributed by atoms with Crippen LogP contribution in [0.5, 0.6) is 0 Å². The molecule has 0 radical (unpaired) electrons. The average Bonchev–Trinajstić information content (AvgIpc) is 2.95. The van der Waals surface area contributed by atoms with E-state index in [0.717, 1.165) is 39.7 Å². The van der Waals surface area contributed by atoms with Crippen molar-refractivity contribution in [3.63, 3.8) is 0 Å². The Balaban J connectivity index is 1.69. The number of fused-ring (bicyclic) bond motifs is 1. The molecule has 2 heterocycles. The zero-order chi connectivity index (χ0) is 17.8. The number of aromatic amines is 1. The number of hydrogen-bond donors (Lipinski definition) is 2. The van der Waals surface area contributed by atoms with E-state index < -0.39 is 0 Å². The molecule has 4 nitrogen and oxygen atoms in total. The highest BCUT2D eigenvalue weighted by molar-refractivity contribution is 5.87. The standard InChI is InChI=1S/C20H22FN3O/c1-3-18-13(2)17-11-16(21)10-15(20(17)24-18)12-23-19(25)5-4-14-6-8-22-9-7-14/h6-11,24H,3-5,12H2,1-2H3,(H,23,25). The summed E-state index contributed by atoms with van der Waals surface area (Å²) in [5, 5.41) is 3.78. The van der Waals surface area contributed by atoms with Gasteiger partial charge in [0.2, 0.25) is 5.91 Å². The molecular weight excluding hydrogens is 317 g/mol. The maximum Gasteiger partial charge on any atom is 0.220 e. The first kappa shape index (κ1) is 17.1. The minimum atomic E-state index is -0.279. The van der Waals surface area contributed by atoms with Gasteiger partial charge in [-0.2, -0.15) is 0 Å². The van der Waals surface area contributed by atoms with Crippen LogP contribution in [0.1, 0.15) is 35.7 Å². The van der Waals surface area contributed by atoms with E-state index in [9.17, 15) is 9.18 Å². The molecule has 3 rings (SSSR count). The smallest absolute Gasteiger partial charge is 0.220 e. The highest BCUT2D eigenvalue weighted by Gasteiger charge is 2.12. The van der Waals surface area contributed by atoms with Crippen LogP contribution in [-0.2, 0) is 24.2 Å². The monoisotopic (exact) mass is 339 g/mol. The molecule has 3 aromatic rings. The van der Waals surface area contributed by atoms with Crippen LogP contribution in [0.2, 0.25) is 0 Å². The highest BCUT2D eigenvalue weighted by atomic mass is 19.1. The molecule has 0 aliphatic heterocycles.